The average Bonchev–Trinajstić information content (AvgIpc) is 1.66. The van der Waals surface area contributed by atoms with Crippen molar-refractivity contribution in [1.82, 2.24) is 30.4 Å². The number of carboxylic acids is 1. The van der Waals surface area contributed by atoms with E-state index in [1.54, 1.807) is 4.90 Å². The van der Waals surface area contributed by atoms with Crippen LogP contribution in [0.5, 0.6) is 40.2 Å². The number of nitrogens with zero attached hydrogens (tertiary/aromatic N) is 4. The number of aromatic nitrogens is 2. The van der Waals surface area contributed by atoms with Gasteiger partial charge in [0.2, 0.25) is 11.3 Å². The monoisotopic (exact) mass is 2320 g/mol. The summed E-state index contributed by atoms with van der Waals surface area (Å²) in [6.07, 6.45) is 8.29. The number of thioether (sulfide) groups is 1. The van der Waals surface area contributed by atoms with Crippen molar-refractivity contribution in [3.63, 3.8) is 0 Å². The Morgan fingerprint density at radius 3 is 1.60 bits per heavy atom. The van der Waals surface area contributed by atoms with Crippen molar-refractivity contribution in [2.45, 2.75) is 250 Å². The number of carbonyl (C=O) groups is 3. The Bertz CT molecular complexity index is 6110. The molecule has 5 fully saturated rings. The van der Waals surface area contributed by atoms with Crippen molar-refractivity contribution < 1.29 is 147 Å². The van der Waals surface area contributed by atoms with Crippen LogP contribution in [0.3, 0.4) is 0 Å². The number of aliphatic hydroxyl groups is 6. The summed E-state index contributed by atoms with van der Waals surface area (Å²) in [4.78, 5) is 55.6. The Kier molecular flexibility index (Phi) is 43.0. The van der Waals surface area contributed by atoms with Crippen LogP contribution in [-0.2, 0) is 39.1 Å². The van der Waals surface area contributed by atoms with E-state index in [9.17, 15) is 93.6 Å². The molecule has 8 aromatic carbocycles. The molecule has 10 aromatic rings. The van der Waals surface area contributed by atoms with Gasteiger partial charge in [0.05, 0.1) is 45.8 Å². The molecule has 6 aliphatic rings. The number of fused-ring (bicyclic) bond motifs is 3. The molecule has 16 rings (SSSR count). The van der Waals surface area contributed by atoms with Crippen molar-refractivity contribution in [1.29, 1.82) is 0 Å². The van der Waals surface area contributed by atoms with E-state index < -0.39 is 85.5 Å². The molecule has 37 heteroatoms. The number of piperidine rings is 2. The van der Waals surface area contributed by atoms with Gasteiger partial charge in [0.25, 0.3) is 5.24 Å². The largest absolute Gasteiger partial charge is 4.00 e. The van der Waals surface area contributed by atoms with Crippen LogP contribution in [0.1, 0.15) is 238 Å². The number of benzene rings is 8. The zero-order valence-corrected chi connectivity index (χ0v) is 92.7. The molecule has 0 spiro atoms. The number of rotatable bonds is 23. The summed E-state index contributed by atoms with van der Waals surface area (Å²) in [5.41, 5.74) is 11.4. The van der Waals surface area contributed by atoms with Crippen molar-refractivity contribution >= 4 is 68.5 Å². The zero-order chi connectivity index (χ0) is 107. The van der Waals surface area contributed by atoms with Gasteiger partial charge in [0.1, 0.15) is 75.3 Å². The molecule has 6 heterocycles. The fourth-order valence-corrected chi connectivity index (χ4v) is 19.2. The maximum Gasteiger partial charge on any atom is 4.00 e. The molecule has 0 bridgehead atoms. The van der Waals surface area contributed by atoms with Crippen LogP contribution in [0.25, 0.3) is 16.7 Å². The van der Waals surface area contributed by atoms with Gasteiger partial charge in [-0.3, -0.25) is 33.4 Å². The first kappa shape index (κ1) is 122. The van der Waals surface area contributed by atoms with Gasteiger partial charge in [-0.15, -0.1) is 12.4 Å². The van der Waals surface area contributed by atoms with E-state index in [4.69, 9.17) is 32.7 Å². The number of hydrogen-bond donors (Lipinski definition) is 18. The van der Waals surface area contributed by atoms with E-state index in [1.807, 2.05) is 151 Å². The number of phenols is 5. The number of pyridine rings is 2. The zero-order valence-electron chi connectivity index (χ0n) is 86.1. The van der Waals surface area contributed by atoms with Crippen molar-refractivity contribution in [2.24, 2.45) is 29.4 Å². The molecule has 4 aliphatic heterocycles. The van der Waals surface area contributed by atoms with E-state index in [0.29, 0.717) is 68.1 Å². The number of aromatic carboxylic acids is 1. The standard InChI is InChI=1S/C32H41NO2.C24H27NO5S.C20H15F3N4O3.2C12H19NO3.C10H20O2.ClH.H2O4S.U/c1-31(2,3)26-18-16-25(17-19-26)30(34)15-10-22-33-23-20-29(21-24-33)32(35,27-11-6-4-7-12-27)28-13-8-5-9-14-28;1-13-14(2)21-18(15(3)20(13)26)9-10-24(4,30-21)12-29-17-7-5-16(6-8-17)11-19-22(27)25-23(28)31-19;21-8-1-2-15(13(22)3-8)27-7-12(20(29)30)17(28)9-4-14(23)19(25-18(9)27)26-5-10-11(6-26)16(10)24;2*1-12(2,3)13-7-11(16)8-4-9(14)6-10(15)5-8;1-9(2,11)8-4-6-10(3,12)7-5-8;;1-5(2,3)4;/h4-9,11-14,16-19,29-30,34-35H,10,15,20-24H2,1-3H3;5-8,19,26H,9-12H2,1-4H3,(H,25,27,28);1-4,7,10-11,16H,5-6,24H2,(H,29,30);2*4-6,11,13-16H,7H2,1-3H3;8,11-12H,4-7H2,1-3H3;1H;(H2,1,2,3,4);/q;;;;;;;;+4/t;;10-,11+,16+;;;;;;. The van der Waals surface area contributed by atoms with Crippen LogP contribution in [0.2, 0.25) is 0 Å². The van der Waals surface area contributed by atoms with E-state index >= 15 is 0 Å². The Labute approximate surface area is 892 Å². The fourth-order valence-electron chi connectivity index (χ4n) is 18.4. The molecule has 0 radical (unpaired) electrons. The molecule has 2 amide bonds. The van der Waals surface area contributed by atoms with E-state index in [-0.39, 0.29) is 146 Å². The van der Waals surface area contributed by atoms with Crippen LogP contribution in [0.4, 0.5) is 23.8 Å². The third-order valence-corrected chi connectivity index (χ3v) is 28.2. The molecule has 8 atom stereocenters. The molecule has 2 saturated carbocycles. The minimum absolute atomic E-state index is 0. The number of hydrogen-bond acceptors (Lipinski definition) is 26. The quantitative estimate of drug-likeness (QED) is 0.0264. The SMILES string of the molecule is CC(C)(C)NCC(O)c1cc(O)cc(O)c1.CC(C)(C)NCC(O)c1cc(O)cc(O)c1.CC(C)(C)c1ccc(C(O)CCCN2CCC(C(O)(c3ccccc3)c3ccccc3)CC2)cc1.CC1(O)CCC(C(C)(C)O)CC1.Cc1c(C)c2c(c(C)c1O)CCC(C)(COc1ccc(CC3SC(=O)NC3=O)cc1)O2.Cl.N[C@@H]1[C@H]2CN(c3nc4c(cc3F)c(=O)c(C(=O)O)cn4-c3ccc(F)cc3F)C[C@@H]12.O=S(=O)(O)O.[U+4]. The number of ether oxygens (including phenoxy) is 2. The Hall–Kier alpha value is -9.92. The van der Waals surface area contributed by atoms with Gasteiger partial charge in [-0.2, -0.15) is 8.42 Å². The van der Waals surface area contributed by atoms with Crippen LogP contribution >= 0.6 is 24.2 Å². The number of anilines is 1. The predicted octanol–water partition coefficient (Wildman–Crippen LogP) is 17.2. The second kappa shape index (κ2) is 51.7. The number of carboxylic acid groups (broad SMARTS) is 1. The summed E-state index contributed by atoms with van der Waals surface area (Å²) in [7, 11) is -4.67. The van der Waals surface area contributed by atoms with Gasteiger partial charge in [-0.1, -0.05) is 130 Å². The second-order valence-corrected chi connectivity index (χ2v) is 44.7. The Morgan fingerprint density at radius 1 is 0.639 bits per heavy atom. The van der Waals surface area contributed by atoms with Crippen LogP contribution in [-0.4, -0.2) is 202 Å². The number of amides is 2. The molecule has 5 unspecified atom stereocenters. The number of β-amino-alcohol motifs (C(OH)–C–C–N with tert-alkyl or cyclic N) is 2. The average molecular weight is 2330 g/mol. The number of nitrogens with two attached hydrogens (primary N) is 1. The van der Waals surface area contributed by atoms with Crippen LogP contribution < -0.4 is 41.5 Å². The normalized spacial score (nSPS) is 19.9. The summed E-state index contributed by atoms with van der Waals surface area (Å²) >= 11 is 1.04. The first-order valence-electron chi connectivity index (χ1n) is 48.7. The van der Waals surface area contributed by atoms with Crippen LogP contribution in [0, 0.1) is 93.0 Å². The molecule has 796 valence electrons. The first-order chi connectivity index (χ1) is 67.6. The molecule has 147 heavy (non-hydrogen) atoms. The van der Waals surface area contributed by atoms with E-state index in [2.05, 4.69) is 95.1 Å². The molecular weight excluding hydrogens is 2180 g/mol. The van der Waals surface area contributed by atoms with E-state index in [1.165, 1.54) is 42.0 Å². The predicted molar refractivity (Wildman–Crippen MR) is 561 cm³/mol. The number of likely N-dealkylation sites (tertiary alicyclic amines) is 1. The Balaban J connectivity index is 0.000000220. The van der Waals surface area contributed by atoms with Crippen molar-refractivity contribution in [3.8, 4) is 45.9 Å². The number of aliphatic hydroxyl groups excluding tert-OH is 3. The summed E-state index contributed by atoms with van der Waals surface area (Å²) in [5, 5.41) is 126. The van der Waals surface area contributed by atoms with E-state index in [0.717, 1.165) is 181 Å². The summed E-state index contributed by atoms with van der Waals surface area (Å²) in [5.74, 6) is -1.65. The summed E-state index contributed by atoms with van der Waals surface area (Å²) in [6.45, 7) is 37.2. The third-order valence-electron chi connectivity index (χ3n) is 27.2. The third kappa shape index (κ3) is 35.1. The van der Waals surface area contributed by atoms with Gasteiger partial charge >= 0.3 is 47.5 Å². The molecule has 2 aliphatic carbocycles. The molecule has 2 aromatic heterocycles. The number of carbonyl (C=O) groups excluding carboxylic acids is 2. The minimum atomic E-state index is -4.67. The van der Waals surface area contributed by atoms with Gasteiger partial charge in [0.15, 0.2) is 17.3 Å². The maximum absolute atomic E-state index is 14.8. The second-order valence-electron chi connectivity index (χ2n) is 42.6. The van der Waals surface area contributed by atoms with Gasteiger partial charge in [0, 0.05) is 73.3 Å². The number of phenolic OH excluding ortho intramolecular Hbond substituents is 5. The summed E-state index contributed by atoms with van der Waals surface area (Å²) in [6, 6.07) is 48.2. The van der Waals surface area contributed by atoms with Crippen LogP contribution in [0.15, 0.2) is 181 Å². The molecule has 3 saturated heterocycles. The number of nitrogens with one attached hydrogen (secondary N) is 3. The number of imide groups is 1. The van der Waals surface area contributed by atoms with Gasteiger partial charge in [-0.05, 0) is 320 Å². The number of halogens is 4. The van der Waals surface area contributed by atoms with Gasteiger partial charge < -0.3 is 96.9 Å². The maximum atomic E-state index is 14.8. The fraction of sp³-hybridized carbons (Fsp3) is 0.464. The van der Waals surface area contributed by atoms with Gasteiger partial charge in [-0.25, -0.2) is 22.9 Å². The minimum Gasteiger partial charge on any atom is -0.508 e. The summed E-state index contributed by atoms with van der Waals surface area (Å²) < 4.78 is 87.7. The number of aromatic hydroxyl groups is 5. The molecule has 19 N–H and O–H groups in total. The first-order valence-corrected chi connectivity index (χ1v) is 51.0. The molecular formula is C110H144ClF3N8O22S2U+4. The smallest absolute Gasteiger partial charge is 0.508 e. The Morgan fingerprint density at radius 2 is 1.14 bits per heavy atom. The topological polar surface area (TPSA) is 491 Å². The van der Waals surface area contributed by atoms with Crippen molar-refractivity contribution in [2.75, 3.05) is 57.3 Å². The molecule has 30 nitrogen and oxygen atoms in total. The van der Waals surface area contributed by atoms with Crippen molar-refractivity contribution in [3.05, 3.63) is 270 Å².